The fourth-order valence-electron chi connectivity index (χ4n) is 1.94. The number of H-pyrrole nitrogens is 1. The number of hydrogen-bond donors (Lipinski definition) is 2. The van der Waals surface area contributed by atoms with E-state index in [0.29, 0.717) is 23.2 Å². The van der Waals surface area contributed by atoms with E-state index in [1.807, 2.05) is 17.5 Å². The van der Waals surface area contributed by atoms with E-state index in [9.17, 15) is 9.59 Å². The first kappa shape index (κ1) is 12.7. The number of aromatic nitrogens is 1. The van der Waals surface area contributed by atoms with Crippen LogP contribution in [0.15, 0.2) is 44.9 Å². The Labute approximate surface area is 118 Å². The number of aromatic amines is 1. The van der Waals surface area contributed by atoms with Crippen LogP contribution in [0.4, 0.5) is 5.69 Å². The maximum Gasteiger partial charge on any atom is 0.417 e. The van der Waals surface area contributed by atoms with E-state index < -0.39 is 5.76 Å². The zero-order chi connectivity index (χ0) is 13.9. The van der Waals surface area contributed by atoms with Gasteiger partial charge < -0.3 is 9.73 Å². The Morgan fingerprint density at radius 3 is 3.05 bits per heavy atom. The first-order valence-electron chi connectivity index (χ1n) is 6.16. The van der Waals surface area contributed by atoms with Crippen molar-refractivity contribution >= 4 is 34.0 Å². The average Bonchev–Trinajstić information content (AvgIpc) is 3.04. The molecule has 0 radical (unpaired) electrons. The minimum atomic E-state index is -0.499. The van der Waals surface area contributed by atoms with Crippen molar-refractivity contribution in [3.8, 4) is 0 Å². The molecule has 0 aliphatic heterocycles. The summed E-state index contributed by atoms with van der Waals surface area (Å²) in [4.78, 5) is 26.6. The second-order valence-electron chi connectivity index (χ2n) is 4.35. The second-order valence-corrected chi connectivity index (χ2v) is 5.39. The van der Waals surface area contributed by atoms with Gasteiger partial charge >= 0.3 is 5.76 Å². The molecule has 0 fully saturated rings. The third kappa shape index (κ3) is 2.80. The summed E-state index contributed by atoms with van der Waals surface area (Å²) in [5.41, 5.74) is 1.70. The van der Waals surface area contributed by atoms with Crippen molar-refractivity contribution in [2.75, 3.05) is 5.32 Å². The lowest BCUT2D eigenvalue weighted by Gasteiger charge is -2.04. The number of aryl methyl sites for hydroxylation is 1. The summed E-state index contributed by atoms with van der Waals surface area (Å²) in [5, 5.41) is 4.80. The van der Waals surface area contributed by atoms with Gasteiger partial charge in [0, 0.05) is 17.0 Å². The standard InChI is InChI=1S/C14H12N2O3S/c17-13(6-4-10-2-1-7-20-10)15-9-3-5-12-11(8-9)16-14(18)19-12/h1-3,5,7-8H,4,6H2,(H,15,17)(H,16,18). The van der Waals surface area contributed by atoms with Gasteiger partial charge in [-0.2, -0.15) is 0 Å². The summed E-state index contributed by atoms with van der Waals surface area (Å²) < 4.78 is 4.90. The van der Waals surface area contributed by atoms with E-state index in [1.165, 1.54) is 4.88 Å². The first-order chi connectivity index (χ1) is 9.70. The van der Waals surface area contributed by atoms with E-state index >= 15 is 0 Å². The number of hydrogen-bond acceptors (Lipinski definition) is 4. The van der Waals surface area contributed by atoms with Crippen LogP contribution in [0.1, 0.15) is 11.3 Å². The zero-order valence-corrected chi connectivity index (χ0v) is 11.3. The van der Waals surface area contributed by atoms with Gasteiger partial charge in [0.2, 0.25) is 5.91 Å². The van der Waals surface area contributed by atoms with Gasteiger partial charge in [-0.15, -0.1) is 11.3 Å². The van der Waals surface area contributed by atoms with Crippen LogP contribution in [0.3, 0.4) is 0 Å². The van der Waals surface area contributed by atoms with Crippen LogP contribution in [0.25, 0.3) is 11.1 Å². The van der Waals surface area contributed by atoms with Gasteiger partial charge in [0.25, 0.3) is 0 Å². The summed E-state index contributed by atoms with van der Waals surface area (Å²) >= 11 is 1.64. The molecule has 5 nitrogen and oxygen atoms in total. The molecule has 2 aromatic heterocycles. The highest BCUT2D eigenvalue weighted by Gasteiger charge is 2.06. The number of carbonyl (C=O) groups excluding carboxylic acids is 1. The Bertz CT molecular complexity index is 786. The van der Waals surface area contributed by atoms with Crippen molar-refractivity contribution in [1.82, 2.24) is 4.98 Å². The van der Waals surface area contributed by atoms with Gasteiger partial charge in [0.15, 0.2) is 5.58 Å². The predicted molar refractivity (Wildman–Crippen MR) is 78.1 cm³/mol. The number of oxazole rings is 1. The Morgan fingerprint density at radius 1 is 1.35 bits per heavy atom. The Hall–Kier alpha value is -2.34. The second kappa shape index (κ2) is 5.34. The summed E-state index contributed by atoms with van der Waals surface area (Å²) in [7, 11) is 0. The molecule has 2 N–H and O–H groups in total. The molecule has 0 aliphatic carbocycles. The van der Waals surface area contributed by atoms with E-state index in [-0.39, 0.29) is 5.91 Å². The molecule has 3 rings (SSSR count). The van der Waals surface area contributed by atoms with E-state index in [0.717, 1.165) is 6.42 Å². The van der Waals surface area contributed by atoms with Crippen LogP contribution in [0.2, 0.25) is 0 Å². The van der Waals surface area contributed by atoms with Gasteiger partial charge in [0.05, 0.1) is 5.52 Å². The molecule has 1 amide bonds. The number of carbonyl (C=O) groups is 1. The number of rotatable bonds is 4. The molecule has 0 saturated heterocycles. The van der Waals surface area contributed by atoms with Crippen molar-refractivity contribution in [2.45, 2.75) is 12.8 Å². The van der Waals surface area contributed by atoms with Crippen LogP contribution in [-0.4, -0.2) is 10.9 Å². The van der Waals surface area contributed by atoms with Crippen LogP contribution < -0.4 is 11.1 Å². The number of nitrogens with one attached hydrogen (secondary N) is 2. The fraction of sp³-hybridized carbons (Fsp3) is 0.143. The minimum absolute atomic E-state index is 0.0522. The third-order valence-corrected chi connectivity index (χ3v) is 3.82. The van der Waals surface area contributed by atoms with Crippen molar-refractivity contribution in [1.29, 1.82) is 0 Å². The molecule has 0 atom stereocenters. The lowest BCUT2D eigenvalue weighted by Crippen LogP contribution is -2.11. The van der Waals surface area contributed by atoms with Crippen molar-refractivity contribution < 1.29 is 9.21 Å². The van der Waals surface area contributed by atoms with E-state index in [4.69, 9.17) is 4.42 Å². The molecule has 102 valence electrons. The molecule has 0 bridgehead atoms. The molecule has 0 aliphatic rings. The first-order valence-corrected chi connectivity index (χ1v) is 7.04. The molecule has 0 unspecified atom stereocenters. The molecule has 1 aromatic carbocycles. The Morgan fingerprint density at radius 2 is 2.25 bits per heavy atom. The maximum atomic E-state index is 11.8. The van der Waals surface area contributed by atoms with Crippen molar-refractivity contribution in [3.63, 3.8) is 0 Å². The van der Waals surface area contributed by atoms with Gasteiger partial charge in [-0.1, -0.05) is 6.07 Å². The summed E-state index contributed by atoms with van der Waals surface area (Å²) in [6.45, 7) is 0. The lowest BCUT2D eigenvalue weighted by atomic mass is 10.2. The zero-order valence-electron chi connectivity index (χ0n) is 10.5. The number of thiophene rings is 1. The molecule has 0 spiro atoms. The smallest absolute Gasteiger partial charge is 0.408 e. The van der Waals surface area contributed by atoms with Gasteiger partial charge in [-0.25, -0.2) is 4.79 Å². The topological polar surface area (TPSA) is 75.1 Å². The number of anilines is 1. The number of fused-ring (bicyclic) bond motifs is 1. The van der Waals surface area contributed by atoms with Crippen molar-refractivity contribution in [3.05, 3.63) is 51.1 Å². The van der Waals surface area contributed by atoms with Gasteiger partial charge in [-0.3, -0.25) is 9.78 Å². The van der Waals surface area contributed by atoms with E-state index in [2.05, 4.69) is 10.3 Å². The number of amides is 1. The Kier molecular flexibility index (Phi) is 3.39. The molecule has 0 saturated carbocycles. The molecule has 3 aromatic rings. The molecular weight excluding hydrogens is 276 g/mol. The molecule has 20 heavy (non-hydrogen) atoms. The summed E-state index contributed by atoms with van der Waals surface area (Å²) in [5.74, 6) is -0.551. The van der Waals surface area contributed by atoms with Gasteiger partial charge in [-0.05, 0) is 36.1 Å². The Balaban J connectivity index is 1.66. The van der Waals surface area contributed by atoms with E-state index in [1.54, 1.807) is 29.5 Å². The third-order valence-electron chi connectivity index (χ3n) is 2.88. The van der Waals surface area contributed by atoms with Crippen LogP contribution in [0.5, 0.6) is 0 Å². The maximum absolute atomic E-state index is 11.8. The van der Waals surface area contributed by atoms with Crippen LogP contribution >= 0.6 is 11.3 Å². The monoisotopic (exact) mass is 288 g/mol. The summed E-state index contributed by atoms with van der Waals surface area (Å²) in [6, 6.07) is 9.04. The minimum Gasteiger partial charge on any atom is -0.408 e. The highest BCUT2D eigenvalue weighted by atomic mass is 32.1. The molecular formula is C14H12N2O3S. The fourth-order valence-corrected chi connectivity index (χ4v) is 2.65. The highest BCUT2D eigenvalue weighted by Crippen LogP contribution is 2.17. The lowest BCUT2D eigenvalue weighted by molar-refractivity contribution is -0.116. The largest absolute Gasteiger partial charge is 0.417 e. The number of benzene rings is 1. The molecule has 2 heterocycles. The quantitative estimate of drug-likeness (QED) is 0.775. The summed E-state index contributed by atoms with van der Waals surface area (Å²) in [6.07, 6.45) is 1.16. The average molecular weight is 288 g/mol. The molecule has 6 heteroatoms. The van der Waals surface area contributed by atoms with Crippen molar-refractivity contribution in [2.24, 2.45) is 0 Å². The highest BCUT2D eigenvalue weighted by molar-refractivity contribution is 7.09. The SMILES string of the molecule is O=C(CCc1cccs1)Nc1ccc2oc(=O)[nH]c2c1. The van der Waals surface area contributed by atoms with Crippen LogP contribution in [-0.2, 0) is 11.2 Å². The van der Waals surface area contributed by atoms with Gasteiger partial charge in [0.1, 0.15) is 0 Å². The predicted octanol–water partition coefficient (Wildman–Crippen LogP) is 2.75. The normalized spacial score (nSPS) is 10.8. The van der Waals surface area contributed by atoms with Crippen LogP contribution in [0, 0.1) is 0 Å².